The third kappa shape index (κ3) is 5.16. The maximum atomic E-state index is 12.4. The van der Waals surface area contributed by atoms with E-state index in [1.165, 1.54) is 10.3 Å². The fourth-order valence-corrected chi connectivity index (χ4v) is 4.32. The molecule has 2 N–H and O–H groups in total. The molecule has 156 valence electrons. The minimum absolute atomic E-state index is 0.209. The number of hydrogen-bond acceptors (Lipinski definition) is 4. The number of amides is 1. The van der Waals surface area contributed by atoms with Crippen molar-refractivity contribution >= 4 is 44.8 Å². The molecule has 6 heteroatoms. The van der Waals surface area contributed by atoms with Crippen molar-refractivity contribution in [3.63, 3.8) is 0 Å². The second-order valence-corrected chi connectivity index (χ2v) is 9.04. The number of para-hydroxylation sites is 1. The van der Waals surface area contributed by atoms with Crippen LogP contribution in [-0.2, 0) is 6.54 Å². The molecule has 4 aromatic rings. The van der Waals surface area contributed by atoms with Crippen molar-refractivity contribution in [2.75, 3.05) is 0 Å². The molecule has 0 bridgehead atoms. The Morgan fingerprint density at radius 2 is 1.71 bits per heavy atom. The number of aromatic nitrogens is 1. The van der Waals surface area contributed by atoms with E-state index in [0.717, 1.165) is 21.7 Å². The lowest BCUT2D eigenvalue weighted by Crippen LogP contribution is -2.38. The van der Waals surface area contributed by atoms with Crippen LogP contribution in [0.3, 0.4) is 0 Å². The van der Waals surface area contributed by atoms with E-state index in [1.807, 2.05) is 54.6 Å². The number of carbonyl (C=O) groups excluding carboxylic acids is 1. The molecule has 1 amide bonds. The summed E-state index contributed by atoms with van der Waals surface area (Å²) in [6.07, 6.45) is 0. The lowest BCUT2D eigenvalue weighted by molar-refractivity contribution is 0.0976. The molecule has 4 rings (SSSR count). The lowest BCUT2D eigenvalue weighted by Gasteiger charge is -2.11. The van der Waals surface area contributed by atoms with Gasteiger partial charge in [-0.1, -0.05) is 62.4 Å². The fourth-order valence-electron chi connectivity index (χ4n) is 3.18. The van der Waals surface area contributed by atoms with Crippen molar-refractivity contribution in [1.82, 2.24) is 15.6 Å². The Morgan fingerprint density at radius 1 is 1.00 bits per heavy atom. The monoisotopic (exact) mass is 445 g/mol. The molecule has 0 saturated heterocycles. The van der Waals surface area contributed by atoms with Gasteiger partial charge >= 0.3 is 0 Å². The van der Waals surface area contributed by atoms with Gasteiger partial charge in [-0.25, -0.2) is 4.98 Å². The minimum atomic E-state index is -0.209. The topological polar surface area (TPSA) is 54.0 Å². The van der Waals surface area contributed by atoms with Crippen molar-refractivity contribution in [3.8, 4) is 10.6 Å². The summed E-state index contributed by atoms with van der Waals surface area (Å²) in [5, 5.41) is 7.16. The number of thiocarbonyl (C=S) groups is 1. The summed E-state index contributed by atoms with van der Waals surface area (Å²) in [7, 11) is 0. The van der Waals surface area contributed by atoms with Gasteiger partial charge in [0.05, 0.1) is 10.2 Å². The van der Waals surface area contributed by atoms with Crippen LogP contribution in [0.25, 0.3) is 20.8 Å². The number of benzene rings is 3. The molecule has 4 nitrogen and oxygen atoms in total. The molecular formula is C25H23N3OS2. The third-order valence-electron chi connectivity index (χ3n) is 5.01. The van der Waals surface area contributed by atoms with Crippen molar-refractivity contribution in [2.45, 2.75) is 26.3 Å². The third-order valence-corrected chi connectivity index (χ3v) is 6.35. The van der Waals surface area contributed by atoms with Crippen LogP contribution >= 0.6 is 23.6 Å². The Labute approximate surface area is 191 Å². The van der Waals surface area contributed by atoms with Gasteiger partial charge in [0.1, 0.15) is 5.01 Å². The van der Waals surface area contributed by atoms with Crippen LogP contribution < -0.4 is 10.6 Å². The Kier molecular flexibility index (Phi) is 6.39. The molecule has 1 aromatic heterocycles. The summed E-state index contributed by atoms with van der Waals surface area (Å²) in [5.41, 5.74) is 4.97. The summed E-state index contributed by atoms with van der Waals surface area (Å²) in [4.78, 5) is 17.1. The van der Waals surface area contributed by atoms with Crippen LogP contribution in [0.1, 0.15) is 41.3 Å². The first-order chi connectivity index (χ1) is 15.0. The standard InChI is InChI=1S/C25H23N3OS2/c1-16(2)18-11-13-19(14-12-18)23(29)28-25(30)26-15-17-7-9-20(10-8-17)24-27-21-5-3-4-6-22(21)31-24/h3-14,16H,15H2,1-2H3,(H2,26,28,29,30). The van der Waals surface area contributed by atoms with Gasteiger partial charge in [-0.05, 0) is 53.5 Å². The Hall–Kier alpha value is -3.09. The smallest absolute Gasteiger partial charge is 0.257 e. The van der Waals surface area contributed by atoms with E-state index in [2.05, 4.69) is 42.7 Å². The summed E-state index contributed by atoms with van der Waals surface area (Å²) in [6.45, 7) is 4.78. The zero-order valence-corrected chi connectivity index (χ0v) is 19.0. The van der Waals surface area contributed by atoms with Gasteiger partial charge in [0.2, 0.25) is 0 Å². The van der Waals surface area contributed by atoms with E-state index in [0.29, 0.717) is 23.1 Å². The van der Waals surface area contributed by atoms with E-state index in [9.17, 15) is 4.79 Å². The summed E-state index contributed by atoms with van der Waals surface area (Å²) >= 11 is 6.97. The van der Waals surface area contributed by atoms with Crippen molar-refractivity contribution in [2.24, 2.45) is 0 Å². The van der Waals surface area contributed by atoms with E-state index in [-0.39, 0.29) is 5.91 Å². The Balaban J connectivity index is 1.32. The molecule has 1 heterocycles. The van der Waals surface area contributed by atoms with Crippen LogP contribution in [0.5, 0.6) is 0 Å². The molecular weight excluding hydrogens is 422 g/mol. The second-order valence-electron chi connectivity index (χ2n) is 7.60. The summed E-state index contributed by atoms with van der Waals surface area (Å²) in [5.74, 6) is 0.222. The number of fused-ring (bicyclic) bond motifs is 1. The first-order valence-electron chi connectivity index (χ1n) is 10.1. The van der Waals surface area contributed by atoms with Crippen LogP contribution in [0.2, 0.25) is 0 Å². The van der Waals surface area contributed by atoms with Crippen molar-refractivity contribution < 1.29 is 4.79 Å². The predicted octanol–water partition coefficient (Wildman–Crippen LogP) is 5.89. The Morgan fingerprint density at radius 3 is 2.39 bits per heavy atom. The molecule has 0 unspecified atom stereocenters. The summed E-state index contributed by atoms with van der Waals surface area (Å²) in [6, 6.07) is 24.0. The van der Waals surface area contributed by atoms with E-state index in [1.54, 1.807) is 11.3 Å². The molecule has 0 saturated carbocycles. The quantitative estimate of drug-likeness (QED) is 0.376. The number of rotatable bonds is 5. The average Bonchev–Trinajstić information content (AvgIpc) is 3.22. The normalized spacial score (nSPS) is 10.9. The lowest BCUT2D eigenvalue weighted by atomic mass is 10.0. The van der Waals surface area contributed by atoms with E-state index < -0.39 is 0 Å². The van der Waals surface area contributed by atoms with Crippen LogP contribution in [0.4, 0.5) is 0 Å². The highest BCUT2D eigenvalue weighted by Crippen LogP contribution is 2.30. The SMILES string of the molecule is CC(C)c1ccc(C(=O)NC(=S)NCc2ccc(-c3nc4ccccc4s3)cc2)cc1. The van der Waals surface area contributed by atoms with Gasteiger partial charge in [-0.2, -0.15) is 0 Å². The molecule has 3 aromatic carbocycles. The first-order valence-corrected chi connectivity index (χ1v) is 11.4. The highest BCUT2D eigenvalue weighted by Gasteiger charge is 2.09. The molecule has 0 aliphatic heterocycles. The minimum Gasteiger partial charge on any atom is -0.358 e. The molecule has 0 fully saturated rings. The predicted molar refractivity (Wildman–Crippen MR) is 132 cm³/mol. The van der Waals surface area contributed by atoms with Crippen molar-refractivity contribution in [3.05, 3.63) is 89.5 Å². The van der Waals surface area contributed by atoms with E-state index in [4.69, 9.17) is 17.2 Å². The number of hydrogen-bond donors (Lipinski definition) is 2. The number of nitrogens with one attached hydrogen (secondary N) is 2. The molecule has 31 heavy (non-hydrogen) atoms. The fraction of sp³-hybridized carbons (Fsp3) is 0.160. The zero-order chi connectivity index (χ0) is 21.8. The highest BCUT2D eigenvalue weighted by atomic mass is 32.1. The summed E-state index contributed by atoms with van der Waals surface area (Å²) < 4.78 is 1.18. The number of carbonyl (C=O) groups is 1. The van der Waals surface area contributed by atoms with Crippen LogP contribution in [0.15, 0.2) is 72.8 Å². The van der Waals surface area contributed by atoms with Gasteiger partial charge in [0.15, 0.2) is 5.11 Å². The van der Waals surface area contributed by atoms with Gasteiger partial charge in [-0.15, -0.1) is 11.3 Å². The maximum absolute atomic E-state index is 12.4. The number of nitrogens with zero attached hydrogens (tertiary/aromatic N) is 1. The largest absolute Gasteiger partial charge is 0.358 e. The van der Waals surface area contributed by atoms with Gasteiger partial charge < -0.3 is 5.32 Å². The molecule has 0 aliphatic rings. The highest BCUT2D eigenvalue weighted by molar-refractivity contribution is 7.80. The average molecular weight is 446 g/mol. The van der Waals surface area contributed by atoms with Crippen molar-refractivity contribution in [1.29, 1.82) is 0 Å². The maximum Gasteiger partial charge on any atom is 0.257 e. The molecule has 0 aliphatic carbocycles. The molecule has 0 atom stereocenters. The van der Waals surface area contributed by atoms with E-state index >= 15 is 0 Å². The van der Waals surface area contributed by atoms with Crippen LogP contribution in [0, 0.1) is 0 Å². The van der Waals surface area contributed by atoms with Gasteiger partial charge in [0, 0.05) is 17.7 Å². The van der Waals surface area contributed by atoms with Crippen LogP contribution in [-0.4, -0.2) is 16.0 Å². The van der Waals surface area contributed by atoms with Gasteiger partial charge in [0.25, 0.3) is 5.91 Å². The molecule has 0 radical (unpaired) electrons. The number of thiazole rings is 1. The Bertz CT molecular complexity index is 1180. The van der Waals surface area contributed by atoms with Gasteiger partial charge in [-0.3, -0.25) is 10.1 Å². The first kappa shape index (κ1) is 21.2. The second kappa shape index (κ2) is 9.37. The molecule has 0 spiro atoms. The zero-order valence-electron chi connectivity index (χ0n) is 17.4.